The second-order valence-corrected chi connectivity index (χ2v) is 0.614. The van der Waals surface area contributed by atoms with E-state index in [1.807, 2.05) is 0 Å². The summed E-state index contributed by atoms with van der Waals surface area (Å²) in [6.45, 7) is 0. The Labute approximate surface area is 56.9 Å². The van der Waals surface area contributed by atoms with Crippen molar-refractivity contribution < 1.29 is 30.5 Å². The molecule has 0 heterocycles. The van der Waals surface area contributed by atoms with E-state index >= 15 is 0 Å². The molecule has 0 saturated carbocycles. The van der Waals surface area contributed by atoms with Gasteiger partial charge in [-0.1, -0.05) is 0 Å². The maximum absolute atomic E-state index is 9.06. The molecule has 0 rings (SSSR count). The Balaban J connectivity index is 0. The summed E-state index contributed by atoms with van der Waals surface area (Å²) in [5, 5.41) is 15.6. The van der Waals surface area contributed by atoms with E-state index in [-0.39, 0.29) is 20.4 Å². The molecule has 0 aromatic heterocycles. The maximum atomic E-state index is 9.06. The van der Waals surface area contributed by atoms with Crippen LogP contribution in [0.2, 0.25) is 0 Å². The van der Waals surface area contributed by atoms with Gasteiger partial charge >= 0.3 is 0 Å². The Bertz CT molecular complexity index is 87.5. The Morgan fingerprint density at radius 3 is 1.38 bits per heavy atom. The molecule has 8 heteroatoms. The normalized spacial score (nSPS) is 6.50. The summed E-state index contributed by atoms with van der Waals surface area (Å²) >= 11 is 0. The third-order valence-corrected chi connectivity index (χ3v) is 0.163. The summed E-state index contributed by atoms with van der Waals surface area (Å²) in [6.07, 6.45) is 0. The summed E-state index contributed by atoms with van der Waals surface area (Å²) in [5.74, 6) is 0. The van der Waals surface area contributed by atoms with E-state index in [0.717, 1.165) is 5.53 Å². The van der Waals surface area contributed by atoms with Crippen LogP contribution in [0.3, 0.4) is 0 Å². The van der Waals surface area contributed by atoms with Gasteiger partial charge in [-0.2, -0.15) is 0 Å². The van der Waals surface area contributed by atoms with Gasteiger partial charge in [0.15, 0.2) is 5.53 Å². The number of hydrazine groups is 2. The summed E-state index contributed by atoms with van der Waals surface area (Å²) < 4.78 is 0. The molecule has 0 fully saturated rings. The number of hydrogen-bond acceptors (Lipinski definition) is 4. The molecule has 0 aliphatic rings. The molecule has 0 saturated heterocycles. The van der Waals surface area contributed by atoms with Crippen LogP contribution in [0.5, 0.6) is 0 Å². The van der Waals surface area contributed by atoms with Gasteiger partial charge in [0.25, 0.3) is 0 Å². The average Bonchev–Trinajstić information content (AvgIpc) is 1.27. The maximum Gasteiger partial charge on any atom is 0.220 e. The smallest absolute Gasteiger partial charge is 0.220 e. The van der Waals surface area contributed by atoms with Crippen LogP contribution >= 0.6 is 0 Å². The van der Waals surface area contributed by atoms with Gasteiger partial charge in [0.1, 0.15) is 0 Å². The molecular weight excluding hydrogens is 212 g/mol. The minimum atomic E-state index is -1.25. The fourth-order valence-corrected chi connectivity index (χ4v) is 0.0667. The Morgan fingerprint density at radius 2 is 1.38 bits per heavy atom. The number of rotatable bonds is 2. The van der Waals surface area contributed by atoms with E-state index in [1.165, 1.54) is 0 Å². The van der Waals surface area contributed by atoms with E-state index in [0.29, 0.717) is 0 Å². The monoisotopic (exact) mass is 213 g/mol. The first-order chi connectivity index (χ1) is 3.13. The standard InChI is InChI=1S/HN3O4.Pd/c4-2(5)1-3(6)7;/h1H;. The quantitative estimate of drug-likeness (QED) is 0.359. The van der Waals surface area contributed by atoms with Crippen molar-refractivity contribution in [3.63, 3.8) is 0 Å². The van der Waals surface area contributed by atoms with Crippen LogP contribution in [0.4, 0.5) is 0 Å². The van der Waals surface area contributed by atoms with E-state index in [4.69, 9.17) is 20.2 Å². The van der Waals surface area contributed by atoms with E-state index in [9.17, 15) is 0 Å². The molecular formula is HN3O4Pd. The largest absolute Gasteiger partial charge is 0.230 e. The van der Waals surface area contributed by atoms with Gasteiger partial charge in [-0.05, 0) is 0 Å². The average molecular weight is 213 g/mol. The van der Waals surface area contributed by atoms with Gasteiger partial charge in [0, 0.05) is 20.4 Å². The first-order valence-corrected chi connectivity index (χ1v) is 1.18. The summed E-state index contributed by atoms with van der Waals surface area (Å²) in [5.41, 5.74) is 0.750. The second kappa shape index (κ2) is 4.42. The molecule has 0 aliphatic heterocycles. The van der Waals surface area contributed by atoms with Crippen molar-refractivity contribution in [3.8, 4) is 0 Å². The van der Waals surface area contributed by atoms with Crippen molar-refractivity contribution in [3.05, 3.63) is 20.2 Å². The summed E-state index contributed by atoms with van der Waals surface area (Å²) in [6, 6.07) is 0. The van der Waals surface area contributed by atoms with Gasteiger partial charge in [-0.3, -0.25) is 0 Å². The first-order valence-electron chi connectivity index (χ1n) is 1.18. The third kappa shape index (κ3) is 8.98. The molecule has 7 nitrogen and oxygen atoms in total. The number of nitro groups is 2. The van der Waals surface area contributed by atoms with Crippen LogP contribution in [0, 0.1) is 20.2 Å². The van der Waals surface area contributed by atoms with Crippen molar-refractivity contribution in [2.24, 2.45) is 0 Å². The van der Waals surface area contributed by atoms with Crippen molar-refractivity contribution in [1.82, 2.24) is 5.53 Å². The van der Waals surface area contributed by atoms with Crippen LogP contribution in [0.15, 0.2) is 0 Å². The molecule has 50 valence electrons. The van der Waals surface area contributed by atoms with Crippen molar-refractivity contribution in [2.75, 3.05) is 0 Å². The van der Waals surface area contributed by atoms with Gasteiger partial charge in [0.2, 0.25) is 10.1 Å². The number of nitrogens with zero attached hydrogens (tertiary/aromatic N) is 2. The van der Waals surface area contributed by atoms with Crippen LogP contribution in [0.1, 0.15) is 0 Å². The van der Waals surface area contributed by atoms with E-state index in [1.54, 1.807) is 0 Å². The Morgan fingerprint density at radius 1 is 1.12 bits per heavy atom. The number of hydrogen-bond donors (Lipinski definition) is 1. The Kier molecular flexibility index (Phi) is 5.68. The van der Waals surface area contributed by atoms with E-state index < -0.39 is 10.1 Å². The second-order valence-electron chi connectivity index (χ2n) is 0.614. The molecule has 0 radical (unpaired) electrons. The molecule has 8 heavy (non-hydrogen) atoms. The molecule has 0 atom stereocenters. The van der Waals surface area contributed by atoms with Crippen LogP contribution in [-0.2, 0) is 20.4 Å². The van der Waals surface area contributed by atoms with Crippen LogP contribution in [-0.4, -0.2) is 10.1 Å². The fraction of sp³-hybridized carbons (Fsp3) is 0. The molecule has 0 bridgehead atoms. The molecule has 0 amide bonds. The third-order valence-electron chi connectivity index (χ3n) is 0.163. The van der Waals surface area contributed by atoms with Gasteiger partial charge in [-0.25, -0.2) is 20.2 Å². The fourth-order valence-electron chi connectivity index (χ4n) is 0.0667. The Hall–Kier alpha value is -0.738. The molecule has 0 aromatic rings. The van der Waals surface area contributed by atoms with Crippen LogP contribution < -0.4 is 5.53 Å². The summed E-state index contributed by atoms with van der Waals surface area (Å²) in [7, 11) is 0. The van der Waals surface area contributed by atoms with Gasteiger partial charge in [0.05, 0.1) is 0 Å². The predicted octanol–water partition coefficient (Wildman–Crippen LogP) is -1.04. The van der Waals surface area contributed by atoms with Crippen molar-refractivity contribution in [2.45, 2.75) is 0 Å². The molecule has 0 aliphatic carbocycles. The van der Waals surface area contributed by atoms with Crippen LogP contribution in [0.25, 0.3) is 0 Å². The summed E-state index contributed by atoms with van der Waals surface area (Å²) in [4.78, 5) is 18.1. The van der Waals surface area contributed by atoms with Crippen molar-refractivity contribution in [1.29, 1.82) is 0 Å². The minimum Gasteiger partial charge on any atom is -0.230 e. The number of nitrogens with one attached hydrogen (secondary N) is 1. The minimum absolute atomic E-state index is 0. The molecule has 0 aromatic carbocycles. The van der Waals surface area contributed by atoms with E-state index in [2.05, 4.69) is 0 Å². The topological polar surface area (TPSA) is 98.3 Å². The van der Waals surface area contributed by atoms with Gasteiger partial charge < -0.3 is 0 Å². The van der Waals surface area contributed by atoms with Crippen molar-refractivity contribution >= 4 is 0 Å². The zero-order valence-electron chi connectivity index (χ0n) is 3.34. The molecule has 0 unspecified atom stereocenters. The first kappa shape index (κ1) is 10.3. The zero-order chi connectivity index (χ0) is 5.86. The molecule has 1 N–H and O–H groups in total. The van der Waals surface area contributed by atoms with Gasteiger partial charge in [-0.15, -0.1) is 0 Å². The zero-order valence-corrected chi connectivity index (χ0v) is 4.90. The molecule has 0 spiro atoms. The predicted molar refractivity (Wildman–Crippen MR) is 17.1 cm³/mol. The SMILES string of the molecule is O=[N+]([O-])N[N+](=O)[O-].[Pd].